The van der Waals surface area contributed by atoms with Crippen LogP contribution in [-0.4, -0.2) is 47.1 Å². The molecular formula is C19H20N4O2. The summed E-state index contributed by atoms with van der Waals surface area (Å²) in [7, 11) is 0. The highest BCUT2D eigenvalue weighted by Gasteiger charge is 2.22. The Kier molecular flexibility index (Phi) is 5.60. The van der Waals surface area contributed by atoms with Gasteiger partial charge in [-0.3, -0.25) is 9.88 Å². The number of benzene rings is 1. The Balaban J connectivity index is 1.45. The zero-order valence-electron chi connectivity index (χ0n) is 14.0. The van der Waals surface area contributed by atoms with Crippen molar-refractivity contribution in [2.75, 3.05) is 26.2 Å². The molecule has 1 aliphatic heterocycles. The topological polar surface area (TPSA) is 69.5 Å². The molecule has 0 N–H and O–H groups in total. The summed E-state index contributed by atoms with van der Waals surface area (Å²) in [6.07, 6.45) is 3.07. The summed E-state index contributed by atoms with van der Waals surface area (Å²) in [5.74, 6) is 0. The number of carbonyl (C=O) groups is 1. The second-order valence-electron chi connectivity index (χ2n) is 6.00. The number of ether oxygens (including phenoxy) is 1. The van der Waals surface area contributed by atoms with E-state index in [1.165, 1.54) is 0 Å². The Morgan fingerprint density at radius 1 is 1.12 bits per heavy atom. The summed E-state index contributed by atoms with van der Waals surface area (Å²) >= 11 is 0. The molecule has 1 aromatic carbocycles. The number of rotatable bonds is 4. The Morgan fingerprint density at radius 2 is 1.88 bits per heavy atom. The van der Waals surface area contributed by atoms with E-state index >= 15 is 0 Å². The van der Waals surface area contributed by atoms with Gasteiger partial charge in [-0.05, 0) is 17.2 Å². The highest BCUT2D eigenvalue weighted by atomic mass is 16.6. The van der Waals surface area contributed by atoms with Gasteiger partial charge in [-0.1, -0.05) is 30.3 Å². The minimum atomic E-state index is -0.267. The van der Waals surface area contributed by atoms with E-state index in [0.717, 1.165) is 30.8 Å². The first-order valence-electron chi connectivity index (χ1n) is 8.26. The Hall–Kier alpha value is -2.91. The first-order chi connectivity index (χ1) is 12.2. The molecular weight excluding hydrogens is 316 g/mol. The van der Waals surface area contributed by atoms with E-state index in [-0.39, 0.29) is 6.09 Å². The number of aromatic nitrogens is 1. The molecule has 1 aliphatic rings. The zero-order chi connectivity index (χ0) is 17.5. The van der Waals surface area contributed by atoms with E-state index in [9.17, 15) is 4.79 Å². The number of hydrogen-bond acceptors (Lipinski definition) is 5. The van der Waals surface area contributed by atoms with Gasteiger partial charge in [0, 0.05) is 45.1 Å². The maximum atomic E-state index is 12.2. The molecule has 0 aliphatic carbocycles. The molecule has 0 saturated carbocycles. The molecule has 0 spiro atoms. The number of amides is 1. The summed E-state index contributed by atoms with van der Waals surface area (Å²) in [6, 6.07) is 13.6. The average molecular weight is 336 g/mol. The van der Waals surface area contributed by atoms with Crippen LogP contribution >= 0.6 is 0 Å². The van der Waals surface area contributed by atoms with Gasteiger partial charge >= 0.3 is 6.09 Å². The number of piperazine rings is 1. The van der Waals surface area contributed by atoms with Crippen LogP contribution in [0.25, 0.3) is 0 Å². The van der Waals surface area contributed by atoms with Crippen molar-refractivity contribution in [3.05, 3.63) is 65.5 Å². The zero-order valence-corrected chi connectivity index (χ0v) is 14.0. The van der Waals surface area contributed by atoms with Gasteiger partial charge in [0.05, 0.1) is 5.56 Å². The van der Waals surface area contributed by atoms with Crippen molar-refractivity contribution in [1.29, 1.82) is 5.26 Å². The molecule has 0 radical (unpaired) electrons. The molecule has 0 unspecified atom stereocenters. The molecule has 25 heavy (non-hydrogen) atoms. The molecule has 0 atom stereocenters. The molecule has 1 amide bonds. The lowest BCUT2D eigenvalue weighted by Gasteiger charge is -2.34. The SMILES string of the molecule is N#Cc1cncc(CN2CCN(C(=O)OCc3ccccc3)CC2)c1. The molecule has 2 aromatic rings. The highest BCUT2D eigenvalue weighted by molar-refractivity contribution is 5.67. The van der Waals surface area contributed by atoms with Crippen molar-refractivity contribution in [2.45, 2.75) is 13.2 Å². The lowest BCUT2D eigenvalue weighted by atomic mass is 10.2. The third-order valence-electron chi connectivity index (χ3n) is 4.17. The Morgan fingerprint density at radius 3 is 2.60 bits per heavy atom. The predicted molar refractivity (Wildman–Crippen MR) is 92.4 cm³/mol. The average Bonchev–Trinajstić information content (AvgIpc) is 2.67. The first kappa shape index (κ1) is 16.9. The van der Waals surface area contributed by atoms with Crippen LogP contribution < -0.4 is 0 Å². The monoisotopic (exact) mass is 336 g/mol. The fourth-order valence-corrected chi connectivity index (χ4v) is 2.79. The third kappa shape index (κ3) is 4.78. The maximum Gasteiger partial charge on any atom is 0.410 e. The van der Waals surface area contributed by atoms with Crippen LogP contribution in [0.4, 0.5) is 4.79 Å². The lowest BCUT2D eigenvalue weighted by molar-refractivity contribution is 0.0700. The van der Waals surface area contributed by atoms with Gasteiger partial charge in [0.25, 0.3) is 0 Å². The summed E-state index contributed by atoms with van der Waals surface area (Å²) in [5.41, 5.74) is 2.57. The van der Waals surface area contributed by atoms with Gasteiger partial charge in [0.1, 0.15) is 12.7 Å². The Labute approximate surface area is 147 Å². The van der Waals surface area contributed by atoms with Crippen molar-refractivity contribution in [1.82, 2.24) is 14.8 Å². The van der Waals surface area contributed by atoms with E-state index in [0.29, 0.717) is 25.3 Å². The van der Waals surface area contributed by atoms with Crippen molar-refractivity contribution in [3.63, 3.8) is 0 Å². The molecule has 0 bridgehead atoms. The van der Waals surface area contributed by atoms with Crippen LogP contribution in [0.2, 0.25) is 0 Å². The van der Waals surface area contributed by atoms with E-state index < -0.39 is 0 Å². The molecule has 1 aromatic heterocycles. The summed E-state index contributed by atoms with van der Waals surface area (Å²) in [6.45, 7) is 3.86. The predicted octanol–water partition coefficient (Wildman–Crippen LogP) is 2.41. The van der Waals surface area contributed by atoms with E-state index in [1.54, 1.807) is 17.3 Å². The molecule has 6 nitrogen and oxygen atoms in total. The van der Waals surface area contributed by atoms with Crippen molar-refractivity contribution < 1.29 is 9.53 Å². The minimum absolute atomic E-state index is 0.267. The van der Waals surface area contributed by atoms with E-state index in [2.05, 4.69) is 16.0 Å². The second-order valence-corrected chi connectivity index (χ2v) is 6.00. The molecule has 2 heterocycles. The van der Waals surface area contributed by atoms with Crippen LogP contribution in [0.1, 0.15) is 16.7 Å². The number of nitriles is 1. The second kappa shape index (κ2) is 8.27. The number of pyridine rings is 1. The van der Waals surface area contributed by atoms with Gasteiger partial charge < -0.3 is 9.64 Å². The summed E-state index contributed by atoms with van der Waals surface area (Å²) in [5, 5.41) is 8.93. The summed E-state index contributed by atoms with van der Waals surface area (Å²) < 4.78 is 5.37. The van der Waals surface area contributed by atoms with Crippen LogP contribution in [0.3, 0.4) is 0 Å². The molecule has 1 fully saturated rings. The molecule has 128 valence electrons. The molecule has 1 saturated heterocycles. The maximum absolute atomic E-state index is 12.2. The molecule has 6 heteroatoms. The summed E-state index contributed by atoms with van der Waals surface area (Å²) in [4.78, 5) is 20.2. The van der Waals surface area contributed by atoms with Crippen molar-refractivity contribution in [2.24, 2.45) is 0 Å². The quantitative estimate of drug-likeness (QED) is 0.857. The normalized spacial score (nSPS) is 14.8. The number of carbonyl (C=O) groups excluding carboxylic acids is 1. The van der Waals surface area contributed by atoms with E-state index in [4.69, 9.17) is 10.00 Å². The van der Waals surface area contributed by atoms with E-state index in [1.807, 2.05) is 36.4 Å². The van der Waals surface area contributed by atoms with Crippen LogP contribution in [0, 0.1) is 11.3 Å². The van der Waals surface area contributed by atoms with Gasteiger partial charge in [0.2, 0.25) is 0 Å². The minimum Gasteiger partial charge on any atom is -0.445 e. The standard InChI is InChI=1S/C19H20N4O2/c20-11-17-10-18(13-21-12-17)14-22-6-8-23(9-7-22)19(24)25-15-16-4-2-1-3-5-16/h1-5,10,12-13H,6-9,14-15H2. The first-order valence-corrected chi connectivity index (χ1v) is 8.26. The van der Waals surface area contributed by atoms with Gasteiger partial charge in [-0.15, -0.1) is 0 Å². The lowest BCUT2D eigenvalue weighted by Crippen LogP contribution is -2.48. The number of hydrogen-bond donors (Lipinski definition) is 0. The highest BCUT2D eigenvalue weighted by Crippen LogP contribution is 2.11. The largest absolute Gasteiger partial charge is 0.445 e. The van der Waals surface area contributed by atoms with Crippen molar-refractivity contribution in [3.8, 4) is 6.07 Å². The fourth-order valence-electron chi connectivity index (χ4n) is 2.79. The van der Waals surface area contributed by atoms with Gasteiger partial charge in [-0.2, -0.15) is 5.26 Å². The van der Waals surface area contributed by atoms with Gasteiger partial charge in [-0.25, -0.2) is 4.79 Å². The van der Waals surface area contributed by atoms with Crippen LogP contribution in [0.15, 0.2) is 48.8 Å². The van der Waals surface area contributed by atoms with Gasteiger partial charge in [0.15, 0.2) is 0 Å². The Bertz CT molecular complexity index is 750. The van der Waals surface area contributed by atoms with Crippen LogP contribution in [-0.2, 0) is 17.9 Å². The van der Waals surface area contributed by atoms with Crippen molar-refractivity contribution >= 4 is 6.09 Å². The van der Waals surface area contributed by atoms with Crippen LogP contribution in [0.5, 0.6) is 0 Å². The smallest absolute Gasteiger partial charge is 0.410 e. The number of nitrogens with zero attached hydrogens (tertiary/aromatic N) is 4. The third-order valence-corrected chi connectivity index (χ3v) is 4.17. The fraction of sp³-hybridized carbons (Fsp3) is 0.316. The molecule has 3 rings (SSSR count).